The fourth-order valence-electron chi connectivity index (χ4n) is 3.23. The van der Waals surface area contributed by atoms with Crippen molar-refractivity contribution in [3.05, 3.63) is 59.7 Å². The third-order valence-electron chi connectivity index (χ3n) is 4.67. The van der Waals surface area contributed by atoms with Crippen molar-refractivity contribution < 1.29 is 22.7 Å². The monoisotopic (exact) mass is 445 g/mol. The minimum Gasteiger partial charge on any atom is -0.368 e. The van der Waals surface area contributed by atoms with Crippen molar-refractivity contribution >= 4 is 27.5 Å². The molecule has 8 nitrogen and oxygen atoms in total. The van der Waals surface area contributed by atoms with E-state index in [9.17, 15) is 18.0 Å². The average molecular weight is 446 g/mol. The van der Waals surface area contributed by atoms with E-state index < -0.39 is 16.1 Å². The zero-order chi connectivity index (χ0) is 22.4. The third-order valence-corrected chi connectivity index (χ3v) is 6.32. The Kier molecular flexibility index (Phi) is 7.42. The van der Waals surface area contributed by atoms with Gasteiger partial charge in [-0.05, 0) is 62.6 Å². The maximum absolute atomic E-state index is 12.6. The van der Waals surface area contributed by atoms with E-state index in [0.29, 0.717) is 29.8 Å². The lowest BCUT2D eigenvalue weighted by molar-refractivity contribution is -0.124. The van der Waals surface area contributed by atoms with Crippen LogP contribution in [0.4, 0.5) is 5.69 Å². The van der Waals surface area contributed by atoms with Crippen molar-refractivity contribution in [3.8, 4) is 0 Å². The molecule has 1 heterocycles. The van der Waals surface area contributed by atoms with Crippen LogP contribution in [0.2, 0.25) is 0 Å². The Bertz CT molecular complexity index is 1050. The number of ether oxygens (including phenoxy) is 1. The molecule has 31 heavy (non-hydrogen) atoms. The van der Waals surface area contributed by atoms with Crippen molar-refractivity contribution in [1.82, 2.24) is 10.0 Å². The fourth-order valence-corrected chi connectivity index (χ4v) is 4.55. The summed E-state index contributed by atoms with van der Waals surface area (Å²) in [5.41, 5.74) is 1.55. The Labute approximate surface area is 182 Å². The molecule has 1 fully saturated rings. The van der Waals surface area contributed by atoms with Crippen molar-refractivity contribution in [2.24, 2.45) is 0 Å². The Hall–Kier alpha value is -2.75. The zero-order valence-corrected chi connectivity index (χ0v) is 18.4. The lowest BCUT2D eigenvalue weighted by Crippen LogP contribution is -2.30. The molecule has 0 saturated carbocycles. The van der Waals surface area contributed by atoms with Crippen LogP contribution < -0.4 is 15.4 Å². The number of hydrogen-bond acceptors (Lipinski definition) is 5. The van der Waals surface area contributed by atoms with E-state index in [1.807, 2.05) is 0 Å². The number of carbonyl (C=O) groups is 2. The molecule has 3 N–H and O–H groups in total. The molecule has 0 spiro atoms. The molecule has 1 saturated heterocycles. The van der Waals surface area contributed by atoms with E-state index in [-0.39, 0.29) is 29.3 Å². The Morgan fingerprint density at radius 2 is 1.90 bits per heavy atom. The van der Waals surface area contributed by atoms with E-state index >= 15 is 0 Å². The SMILES string of the molecule is CC(C)NS(=O)(=O)c1cccc(CNC(=O)c2cccc(NC(=O)C3CCCO3)c2)c1. The van der Waals surface area contributed by atoms with Gasteiger partial charge >= 0.3 is 0 Å². The summed E-state index contributed by atoms with van der Waals surface area (Å²) in [4.78, 5) is 24.9. The molecule has 0 radical (unpaired) electrons. The predicted molar refractivity (Wildman–Crippen MR) is 117 cm³/mol. The lowest BCUT2D eigenvalue weighted by Gasteiger charge is -2.12. The molecule has 3 rings (SSSR count). The smallest absolute Gasteiger partial charge is 0.253 e. The van der Waals surface area contributed by atoms with Crippen LogP contribution in [0.1, 0.15) is 42.6 Å². The summed E-state index contributed by atoms with van der Waals surface area (Å²) in [7, 11) is -3.61. The van der Waals surface area contributed by atoms with E-state index in [0.717, 1.165) is 6.42 Å². The maximum Gasteiger partial charge on any atom is 0.253 e. The van der Waals surface area contributed by atoms with Gasteiger partial charge in [-0.3, -0.25) is 9.59 Å². The number of sulfonamides is 1. The van der Waals surface area contributed by atoms with Gasteiger partial charge in [-0.15, -0.1) is 0 Å². The number of benzene rings is 2. The molecular formula is C22H27N3O5S. The highest BCUT2D eigenvalue weighted by molar-refractivity contribution is 7.89. The van der Waals surface area contributed by atoms with Crippen LogP contribution >= 0.6 is 0 Å². The van der Waals surface area contributed by atoms with E-state index in [4.69, 9.17) is 4.74 Å². The molecule has 166 valence electrons. The maximum atomic E-state index is 12.6. The minimum absolute atomic E-state index is 0.145. The van der Waals surface area contributed by atoms with Gasteiger partial charge in [-0.1, -0.05) is 18.2 Å². The second-order valence-electron chi connectivity index (χ2n) is 7.68. The normalized spacial score (nSPS) is 16.3. The third kappa shape index (κ3) is 6.36. The van der Waals surface area contributed by atoms with Gasteiger partial charge in [0.25, 0.3) is 11.8 Å². The summed E-state index contributed by atoms with van der Waals surface area (Å²) in [6, 6.07) is 12.8. The zero-order valence-electron chi connectivity index (χ0n) is 17.6. The van der Waals surface area contributed by atoms with Crippen molar-refractivity contribution in [2.75, 3.05) is 11.9 Å². The molecular weight excluding hydrogens is 418 g/mol. The summed E-state index contributed by atoms with van der Waals surface area (Å²) in [5, 5.41) is 5.55. The van der Waals surface area contributed by atoms with Crippen LogP contribution in [-0.4, -0.2) is 39.0 Å². The van der Waals surface area contributed by atoms with Gasteiger partial charge in [0.05, 0.1) is 4.90 Å². The van der Waals surface area contributed by atoms with Gasteiger partial charge in [0, 0.05) is 30.4 Å². The Morgan fingerprint density at radius 3 is 2.61 bits per heavy atom. The topological polar surface area (TPSA) is 114 Å². The van der Waals surface area contributed by atoms with Crippen LogP contribution in [-0.2, 0) is 26.1 Å². The first-order valence-electron chi connectivity index (χ1n) is 10.2. The molecule has 2 aromatic rings. The first-order valence-corrected chi connectivity index (χ1v) is 11.6. The highest BCUT2D eigenvalue weighted by Crippen LogP contribution is 2.17. The summed E-state index contributed by atoms with van der Waals surface area (Å²) in [6.45, 7) is 4.24. The minimum atomic E-state index is -3.61. The van der Waals surface area contributed by atoms with Crippen LogP contribution in [0, 0.1) is 0 Å². The standard InChI is InChI=1S/C22H27N3O5S/c1-15(2)25-31(28,29)19-9-3-6-16(12-19)14-23-21(26)17-7-4-8-18(13-17)24-22(27)20-10-5-11-30-20/h3-4,6-9,12-13,15,20,25H,5,10-11,14H2,1-2H3,(H,23,26)(H,24,27). The highest BCUT2D eigenvalue weighted by atomic mass is 32.2. The average Bonchev–Trinajstić information content (AvgIpc) is 3.27. The van der Waals surface area contributed by atoms with Gasteiger partial charge in [0.1, 0.15) is 6.10 Å². The molecule has 0 aliphatic carbocycles. The van der Waals surface area contributed by atoms with Gasteiger partial charge in [-0.25, -0.2) is 13.1 Å². The van der Waals surface area contributed by atoms with Gasteiger partial charge in [-0.2, -0.15) is 0 Å². The number of rotatable bonds is 8. The van der Waals surface area contributed by atoms with E-state index in [1.54, 1.807) is 50.2 Å². The number of amides is 2. The lowest BCUT2D eigenvalue weighted by atomic mass is 10.1. The fraction of sp³-hybridized carbons (Fsp3) is 0.364. The molecule has 1 unspecified atom stereocenters. The predicted octanol–water partition coefficient (Wildman–Crippen LogP) is 2.42. The molecule has 1 atom stereocenters. The molecule has 9 heteroatoms. The number of nitrogens with one attached hydrogen (secondary N) is 3. The summed E-state index contributed by atoms with van der Waals surface area (Å²) in [5.74, 6) is -0.551. The van der Waals surface area contributed by atoms with E-state index in [1.165, 1.54) is 12.1 Å². The Morgan fingerprint density at radius 1 is 1.13 bits per heavy atom. The van der Waals surface area contributed by atoms with Crippen LogP contribution in [0.15, 0.2) is 53.4 Å². The molecule has 1 aliphatic rings. The second kappa shape index (κ2) is 10.0. The van der Waals surface area contributed by atoms with Crippen LogP contribution in [0.5, 0.6) is 0 Å². The molecule has 2 aromatic carbocycles. The Balaban J connectivity index is 1.62. The highest BCUT2D eigenvalue weighted by Gasteiger charge is 2.23. The molecule has 1 aliphatic heterocycles. The quantitative estimate of drug-likeness (QED) is 0.578. The molecule has 0 aromatic heterocycles. The molecule has 0 bridgehead atoms. The van der Waals surface area contributed by atoms with Gasteiger partial charge in [0.15, 0.2) is 0 Å². The van der Waals surface area contributed by atoms with Crippen LogP contribution in [0.3, 0.4) is 0 Å². The molecule has 2 amide bonds. The van der Waals surface area contributed by atoms with Crippen molar-refractivity contribution in [2.45, 2.75) is 50.3 Å². The van der Waals surface area contributed by atoms with E-state index in [2.05, 4.69) is 15.4 Å². The first kappa shape index (κ1) is 22.9. The largest absolute Gasteiger partial charge is 0.368 e. The number of carbonyl (C=O) groups excluding carboxylic acids is 2. The first-order chi connectivity index (χ1) is 14.7. The van der Waals surface area contributed by atoms with Crippen LogP contribution in [0.25, 0.3) is 0 Å². The number of hydrogen-bond donors (Lipinski definition) is 3. The van der Waals surface area contributed by atoms with Crippen molar-refractivity contribution in [3.63, 3.8) is 0 Å². The van der Waals surface area contributed by atoms with Crippen molar-refractivity contribution in [1.29, 1.82) is 0 Å². The van der Waals surface area contributed by atoms with Gasteiger partial charge < -0.3 is 15.4 Å². The van der Waals surface area contributed by atoms with Gasteiger partial charge in [0.2, 0.25) is 10.0 Å². The second-order valence-corrected chi connectivity index (χ2v) is 9.39. The summed E-state index contributed by atoms with van der Waals surface area (Å²) in [6.07, 6.45) is 1.09. The number of anilines is 1. The summed E-state index contributed by atoms with van der Waals surface area (Å²) < 4.78 is 32.6. The summed E-state index contributed by atoms with van der Waals surface area (Å²) >= 11 is 0.